The zero-order valence-corrected chi connectivity index (χ0v) is 16.0. The quantitative estimate of drug-likeness (QED) is 0.391. The smallest absolute Gasteiger partial charge is 0.308 e. The van der Waals surface area contributed by atoms with Crippen molar-refractivity contribution < 1.29 is 14.6 Å². The van der Waals surface area contributed by atoms with Crippen molar-refractivity contribution >= 4 is 28.9 Å². The number of para-hydroxylation sites is 1. The van der Waals surface area contributed by atoms with Crippen molar-refractivity contribution in [2.45, 2.75) is 40.0 Å². The molecule has 0 amide bonds. The van der Waals surface area contributed by atoms with E-state index in [2.05, 4.69) is 30.9 Å². The molecule has 0 fully saturated rings. The molecule has 3 aromatic rings. The van der Waals surface area contributed by atoms with Crippen LogP contribution >= 0.6 is 0 Å². The van der Waals surface area contributed by atoms with Gasteiger partial charge in [-0.25, -0.2) is 4.68 Å². The number of aromatic nitrogens is 5. The van der Waals surface area contributed by atoms with Gasteiger partial charge in [-0.05, 0) is 19.9 Å². The van der Waals surface area contributed by atoms with Gasteiger partial charge in [0.2, 0.25) is 5.95 Å². The molecule has 0 aliphatic rings. The minimum Gasteiger partial charge on any atom is -0.426 e. The van der Waals surface area contributed by atoms with Crippen LogP contribution in [0.25, 0.3) is 11.2 Å². The van der Waals surface area contributed by atoms with Crippen LogP contribution in [0.2, 0.25) is 0 Å². The molecule has 10 nitrogen and oxygen atoms in total. The highest BCUT2D eigenvalue weighted by atomic mass is 16.5. The van der Waals surface area contributed by atoms with Crippen molar-refractivity contribution in [1.29, 1.82) is 0 Å². The van der Waals surface area contributed by atoms with Crippen molar-refractivity contribution in [3.05, 3.63) is 29.8 Å². The number of hydrogen-bond donors (Lipinski definition) is 3. The van der Waals surface area contributed by atoms with Crippen molar-refractivity contribution in [2.75, 3.05) is 17.2 Å². The van der Waals surface area contributed by atoms with Crippen molar-refractivity contribution in [3.8, 4) is 5.75 Å². The second-order valence-corrected chi connectivity index (χ2v) is 6.26. The lowest BCUT2D eigenvalue weighted by atomic mass is 10.2. The summed E-state index contributed by atoms with van der Waals surface area (Å²) in [6.45, 7) is 6.27. The van der Waals surface area contributed by atoms with Crippen LogP contribution in [0.4, 0.5) is 11.8 Å². The van der Waals surface area contributed by atoms with Crippen LogP contribution in [0.3, 0.4) is 0 Å². The number of aliphatic hydroxyl groups excluding tert-OH is 1. The van der Waals surface area contributed by atoms with Crippen molar-refractivity contribution in [2.24, 2.45) is 0 Å². The molecule has 0 saturated carbocycles. The largest absolute Gasteiger partial charge is 0.426 e. The molecule has 1 atom stereocenters. The van der Waals surface area contributed by atoms with Crippen molar-refractivity contribution in [1.82, 2.24) is 25.0 Å². The number of esters is 1. The number of fused-ring (bicyclic) bond motifs is 1. The van der Waals surface area contributed by atoms with Gasteiger partial charge < -0.3 is 20.5 Å². The number of carbonyl (C=O) groups is 1. The molecule has 2 aromatic heterocycles. The van der Waals surface area contributed by atoms with E-state index in [4.69, 9.17) is 4.74 Å². The summed E-state index contributed by atoms with van der Waals surface area (Å²) in [6.07, 6.45) is -0.541. The third-order valence-electron chi connectivity index (χ3n) is 3.89. The SMILES string of the molecule is CCn1nnc2c(NCc3ccccc3OC(C)=O)nc(NCC(C)O)nc21. The van der Waals surface area contributed by atoms with E-state index >= 15 is 0 Å². The minimum absolute atomic E-state index is 0.313. The average Bonchev–Trinajstić information content (AvgIpc) is 3.08. The third-order valence-corrected chi connectivity index (χ3v) is 3.89. The zero-order valence-electron chi connectivity index (χ0n) is 16.0. The molecule has 3 N–H and O–H groups in total. The van der Waals surface area contributed by atoms with Gasteiger partial charge in [0.05, 0.1) is 6.10 Å². The summed E-state index contributed by atoms with van der Waals surface area (Å²) in [7, 11) is 0. The Balaban J connectivity index is 1.90. The molecule has 0 spiro atoms. The third kappa shape index (κ3) is 4.52. The number of carbonyl (C=O) groups excluding carboxylic acids is 1. The number of aryl methyl sites for hydroxylation is 1. The highest BCUT2D eigenvalue weighted by Crippen LogP contribution is 2.23. The Morgan fingerprint density at radius 1 is 1.29 bits per heavy atom. The highest BCUT2D eigenvalue weighted by molar-refractivity contribution is 5.83. The molecular formula is C18H23N7O3. The summed E-state index contributed by atoms with van der Waals surface area (Å²) in [6, 6.07) is 7.26. The van der Waals surface area contributed by atoms with Crippen molar-refractivity contribution in [3.63, 3.8) is 0 Å². The molecular weight excluding hydrogens is 362 g/mol. The summed E-state index contributed by atoms with van der Waals surface area (Å²) in [5, 5.41) is 24.0. The molecule has 2 heterocycles. The van der Waals surface area contributed by atoms with E-state index in [9.17, 15) is 9.90 Å². The Labute approximate surface area is 161 Å². The Kier molecular flexibility index (Phi) is 5.99. The molecule has 0 radical (unpaired) electrons. The molecule has 0 bridgehead atoms. The molecule has 1 unspecified atom stereocenters. The molecule has 1 aromatic carbocycles. The first-order chi connectivity index (χ1) is 13.5. The van der Waals surface area contributed by atoms with Crippen LogP contribution < -0.4 is 15.4 Å². The lowest BCUT2D eigenvalue weighted by Crippen LogP contribution is -2.17. The Hall–Kier alpha value is -3.27. The summed E-state index contributed by atoms with van der Waals surface area (Å²) in [4.78, 5) is 20.2. The maximum atomic E-state index is 11.3. The molecule has 10 heteroatoms. The molecule has 3 rings (SSSR count). The Bertz CT molecular complexity index is 971. The van der Waals surface area contributed by atoms with E-state index in [1.807, 2.05) is 19.1 Å². The summed E-state index contributed by atoms with van der Waals surface area (Å²) in [5.41, 5.74) is 1.92. The fourth-order valence-electron chi connectivity index (χ4n) is 2.59. The number of benzene rings is 1. The zero-order chi connectivity index (χ0) is 20.1. The van der Waals surface area contributed by atoms with Gasteiger partial charge in [-0.3, -0.25) is 4.79 Å². The fourth-order valence-corrected chi connectivity index (χ4v) is 2.59. The predicted molar refractivity (Wildman–Crippen MR) is 104 cm³/mol. The first-order valence-electron chi connectivity index (χ1n) is 9.01. The standard InChI is InChI=1S/C18H23N7O3/c1-4-25-17-15(23-24-25)16(21-18(22-17)20-9-11(2)26)19-10-13-7-5-6-8-14(13)28-12(3)27/h5-8,11,26H,4,9-10H2,1-3H3,(H2,19,20,21,22). The first kappa shape index (κ1) is 19.5. The lowest BCUT2D eigenvalue weighted by Gasteiger charge is -2.12. The van der Waals surface area contributed by atoms with Gasteiger partial charge in [-0.2, -0.15) is 9.97 Å². The number of ether oxygens (including phenoxy) is 1. The van der Waals surface area contributed by atoms with Gasteiger partial charge in [-0.1, -0.05) is 23.4 Å². The number of nitrogens with zero attached hydrogens (tertiary/aromatic N) is 5. The number of rotatable bonds is 8. The molecule has 28 heavy (non-hydrogen) atoms. The van der Waals surface area contributed by atoms with Crippen LogP contribution in [0.15, 0.2) is 24.3 Å². The molecule has 0 saturated heterocycles. The molecule has 0 aliphatic heterocycles. The van der Waals surface area contributed by atoms with E-state index in [0.29, 0.717) is 48.3 Å². The Morgan fingerprint density at radius 3 is 2.79 bits per heavy atom. The van der Waals surface area contributed by atoms with E-state index in [1.54, 1.807) is 23.7 Å². The number of hydrogen-bond acceptors (Lipinski definition) is 9. The molecule has 0 aliphatic carbocycles. The maximum absolute atomic E-state index is 11.3. The van der Waals surface area contributed by atoms with E-state index < -0.39 is 6.10 Å². The van der Waals surface area contributed by atoms with E-state index in [-0.39, 0.29) is 5.97 Å². The van der Waals surface area contributed by atoms with Crippen LogP contribution in [0.5, 0.6) is 5.75 Å². The number of anilines is 2. The van der Waals surface area contributed by atoms with Gasteiger partial charge in [0.15, 0.2) is 17.0 Å². The van der Waals surface area contributed by atoms with Crippen LogP contribution in [-0.4, -0.2) is 48.7 Å². The van der Waals surface area contributed by atoms with Crippen LogP contribution in [0, 0.1) is 0 Å². The lowest BCUT2D eigenvalue weighted by molar-refractivity contribution is -0.131. The maximum Gasteiger partial charge on any atom is 0.308 e. The molecule has 148 valence electrons. The van der Waals surface area contributed by atoms with Gasteiger partial charge in [0, 0.05) is 32.1 Å². The minimum atomic E-state index is -0.541. The first-order valence-corrected chi connectivity index (χ1v) is 9.01. The van der Waals surface area contributed by atoms with Crippen LogP contribution in [0.1, 0.15) is 26.3 Å². The topological polar surface area (TPSA) is 127 Å². The van der Waals surface area contributed by atoms with E-state index in [0.717, 1.165) is 5.56 Å². The summed E-state index contributed by atoms with van der Waals surface area (Å²) >= 11 is 0. The Morgan fingerprint density at radius 2 is 2.07 bits per heavy atom. The second kappa shape index (κ2) is 8.61. The van der Waals surface area contributed by atoms with Gasteiger partial charge in [-0.15, -0.1) is 5.10 Å². The fraction of sp³-hybridized carbons (Fsp3) is 0.389. The van der Waals surface area contributed by atoms with Gasteiger partial charge >= 0.3 is 5.97 Å². The number of nitrogens with one attached hydrogen (secondary N) is 2. The monoisotopic (exact) mass is 385 g/mol. The normalized spacial score (nSPS) is 12.0. The summed E-state index contributed by atoms with van der Waals surface area (Å²) < 4.78 is 6.92. The van der Waals surface area contributed by atoms with Crippen LogP contribution in [-0.2, 0) is 17.9 Å². The van der Waals surface area contributed by atoms with Gasteiger partial charge in [0.1, 0.15) is 5.75 Å². The second-order valence-electron chi connectivity index (χ2n) is 6.26. The summed E-state index contributed by atoms with van der Waals surface area (Å²) in [5.74, 6) is 0.960. The number of aliphatic hydroxyl groups is 1. The predicted octanol–water partition coefficient (Wildman–Crippen LogP) is 1.57. The average molecular weight is 385 g/mol. The van der Waals surface area contributed by atoms with E-state index in [1.165, 1.54) is 6.92 Å². The highest BCUT2D eigenvalue weighted by Gasteiger charge is 2.15. The van der Waals surface area contributed by atoms with Gasteiger partial charge in [0.25, 0.3) is 0 Å².